The van der Waals surface area contributed by atoms with E-state index in [1.54, 1.807) is 0 Å². The largest absolute Gasteiger partial charge is 0.467 e. The lowest BCUT2D eigenvalue weighted by molar-refractivity contribution is -0.394. The molecule has 1 N–H and O–H groups in total. The van der Waals surface area contributed by atoms with Crippen LogP contribution in [0.4, 0.5) is 11.4 Å². The summed E-state index contributed by atoms with van der Waals surface area (Å²) in [5, 5.41) is 24.1. The Kier molecular flexibility index (Phi) is 6.33. The molecule has 1 aromatic carbocycles. The van der Waals surface area contributed by atoms with Crippen molar-refractivity contribution in [2.24, 2.45) is 5.92 Å². The summed E-state index contributed by atoms with van der Waals surface area (Å²) in [4.78, 5) is 44.0. The molecule has 0 unspecified atom stereocenters. The van der Waals surface area contributed by atoms with Gasteiger partial charge in [-0.05, 0) is 12.3 Å². The Hall–Kier alpha value is -3.04. The molecule has 0 bridgehead atoms. The Morgan fingerprint density at radius 3 is 2.00 bits per heavy atom. The van der Waals surface area contributed by atoms with E-state index in [2.05, 4.69) is 10.1 Å². The second-order valence-corrected chi connectivity index (χ2v) is 5.43. The van der Waals surface area contributed by atoms with Crippen molar-refractivity contribution in [2.45, 2.75) is 26.3 Å². The number of nitrogens with one attached hydrogen (secondary N) is 1. The monoisotopic (exact) mass is 339 g/mol. The number of carbonyl (C=O) groups is 2. The third-order valence-electron chi connectivity index (χ3n) is 3.08. The number of hydrogen-bond acceptors (Lipinski definition) is 7. The summed E-state index contributed by atoms with van der Waals surface area (Å²) in [6, 6.07) is 1.61. The number of nitro benzene ring substituents is 2. The van der Waals surface area contributed by atoms with E-state index in [0.717, 1.165) is 18.2 Å². The van der Waals surface area contributed by atoms with E-state index in [1.165, 1.54) is 7.11 Å². The van der Waals surface area contributed by atoms with E-state index in [4.69, 9.17) is 0 Å². The molecule has 1 atom stereocenters. The van der Waals surface area contributed by atoms with Crippen LogP contribution < -0.4 is 5.32 Å². The van der Waals surface area contributed by atoms with Gasteiger partial charge < -0.3 is 10.1 Å². The number of amides is 1. The number of esters is 1. The molecule has 0 saturated heterocycles. The Bertz CT molecular complexity index is 640. The first-order valence-electron chi connectivity index (χ1n) is 6.98. The Morgan fingerprint density at radius 2 is 1.62 bits per heavy atom. The van der Waals surface area contributed by atoms with Gasteiger partial charge in [0.1, 0.15) is 6.04 Å². The molecule has 10 heteroatoms. The number of hydrogen-bond donors (Lipinski definition) is 1. The van der Waals surface area contributed by atoms with Gasteiger partial charge in [-0.25, -0.2) is 4.79 Å². The van der Waals surface area contributed by atoms with Crippen LogP contribution in [0.25, 0.3) is 0 Å². The number of benzene rings is 1. The maximum absolute atomic E-state index is 12.2. The zero-order valence-electron chi connectivity index (χ0n) is 13.3. The number of nitrogens with zero attached hydrogens (tertiary/aromatic N) is 2. The molecule has 130 valence electrons. The molecule has 0 aliphatic rings. The van der Waals surface area contributed by atoms with Gasteiger partial charge in [-0.3, -0.25) is 25.0 Å². The number of carbonyl (C=O) groups excluding carboxylic acids is 2. The first kappa shape index (κ1) is 19.0. The van der Waals surface area contributed by atoms with E-state index in [-0.39, 0.29) is 17.9 Å². The van der Waals surface area contributed by atoms with Gasteiger partial charge >= 0.3 is 5.97 Å². The topological polar surface area (TPSA) is 142 Å². The molecule has 1 aromatic rings. The summed E-state index contributed by atoms with van der Waals surface area (Å²) in [6.07, 6.45) is 0.287. The SMILES string of the molecule is COC(=O)[C@@H](CC(C)C)NC(=O)c1cc([N+](=O)[O-])cc([N+](=O)[O-])c1. The normalized spacial score (nSPS) is 11.7. The lowest BCUT2D eigenvalue weighted by Crippen LogP contribution is -2.42. The average molecular weight is 339 g/mol. The van der Waals surface area contributed by atoms with Crippen LogP contribution in [-0.4, -0.2) is 34.9 Å². The predicted octanol–water partition coefficient (Wildman–Crippen LogP) is 1.82. The van der Waals surface area contributed by atoms with Crippen molar-refractivity contribution in [2.75, 3.05) is 7.11 Å². The molecule has 0 aliphatic carbocycles. The van der Waals surface area contributed by atoms with Gasteiger partial charge in [0, 0.05) is 12.1 Å². The highest BCUT2D eigenvalue weighted by Crippen LogP contribution is 2.23. The van der Waals surface area contributed by atoms with Crippen molar-refractivity contribution in [3.63, 3.8) is 0 Å². The van der Waals surface area contributed by atoms with Gasteiger partial charge in [-0.2, -0.15) is 0 Å². The molecule has 0 spiro atoms. The van der Waals surface area contributed by atoms with Crippen molar-refractivity contribution in [1.29, 1.82) is 0 Å². The molecule has 24 heavy (non-hydrogen) atoms. The minimum atomic E-state index is -0.958. The molecule has 1 amide bonds. The summed E-state index contributed by atoms with van der Waals surface area (Å²) in [6.45, 7) is 3.67. The lowest BCUT2D eigenvalue weighted by Gasteiger charge is -2.18. The third-order valence-corrected chi connectivity index (χ3v) is 3.08. The van der Waals surface area contributed by atoms with Crippen LogP contribution in [0.5, 0.6) is 0 Å². The van der Waals surface area contributed by atoms with Crippen LogP contribution in [0, 0.1) is 26.1 Å². The van der Waals surface area contributed by atoms with E-state index >= 15 is 0 Å². The number of methoxy groups -OCH3 is 1. The highest BCUT2D eigenvalue weighted by molar-refractivity contribution is 5.97. The zero-order valence-corrected chi connectivity index (χ0v) is 13.3. The van der Waals surface area contributed by atoms with Gasteiger partial charge in [0.25, 0.3) is 17.3 Å². The number of nitro groups is 2. The highest BCUT2D eigenvalue weighted by atomic mass is 16.6. The predicted molar refractivity (Wildman–Crippen MR) is 82.5 cm³/mol. The third kappa shape index (κ3) is 5.00. The highest BCUT2D eigenvalue weighted by Gasteiger charge is 2.25. The van der Waals surface area contributed by atoms with Crippen LogP contribution >= 0.6 is 0 Å². The standard InChI is InChI=1S/C14H17N3O7/c1-8(2)4-12(14(19)24-3)15-13(18)9-5-10(16(20)21)7-11(6-9)17(22)23/h5-8,12H,4H2,1-3H3,(H,15,18)/t12-/m1/s1. The molecule has 0 aliphatic heterocycles. The summed E-state index contributed by atoms with van der Waals surface area (Å²) in [5.74, 6) is -1.44. The fourth-order valence-electron chi connectivity index (χ4n) is 2.01. The Balaban J connectivity index is 3.14. The van der Waals surface area contributed by atoms with Crippen molar-refractivity contribution in [3.8, 4) is 0 Å². The molecule has 1 rings (SSSR count). The molecule has 0 saturated carbocycles. The zero-order chi connectivity index (χ0) is 18.4. The van der Waals surface area contributed by atoms with Gasteiger partial charge in [0.05, 0.1) is 28.6 Å². The van der Waals surface area contributed by atoms with Crippen LogP contribution in [0.1, 0.15) is 30.6 Å². The first-order chi connectivity index (χ1) is 11.1. The molecular formula is C14H17N3O7. The van der Waals surface area contributed by atoms with Crippen LogP contribution in [-0.2, 0) is 9.53 Å². The number of rotatable bonds is 7. The minimum Gasteiger partial charge on any atom is -0.467 e. The molecular weight excluding hydrogens is 322 g/mol. The average Bonchev–Trinajstić information content (AvgIpc) is 2.52. The van der Waals surface area contributed by atoms with E-state index < -0.39 is 39.1 Å². The minimum absolute atomic E-state index is 0.0637. The molecule has 0 aromatic heterocycles. The van der Waals surface area contributed by atoms with Gasteiger partial charge in [0.2, 0.25) is 0 Å². The Labute approximate surface area is 137 Å². The summed E-state index contributed by atoms with van der Waals surface area (Å²) in [5.41, 5.74) is -1.46. The quantitative estimate of drug-likeness (QED) is 0.453. The van der Waals surface area contributed by atoms with Crippen molar-refractivity contribution < 1.29 is 24.2 Å². The first-order valence-corrected chi connectivity index (χ1v) is 6.98. The van der Waals surface area contributed by atoms with Gasteiger partial charge in [0.15, 0.2) is 0 Å². The Morgan fingerprint density at radius 1 is 1.12 bits per heavy atom. The fraction of sp³-hybridized carbons (Fsp3) is 0.429. The lowest BCUT2D eigenvalue weighted by atomic mass is 10.0. The second-order valence-electron chi connectivity index (χ2n) is 5.43. The second kappa shape index (κ2) is 7.99. The molecule has 0 heterocycles. The van der Waals surface area contributed by atoms with Gasteiger partial charge in [-0.1, -0.05) is 13.8 Å². The van der Waals surface area contributed by atoms with Crippen molar-refractivity contribution >= 4 is 23.3 Å². The summed E-state index contributed by atoms with van der Waals surface area (Å²) < 4.78 is 4.60. The van der Waals surface area contributed by atoms with E-state index in [1.807, 2.05) is 13.8 Å². The maximum atomic E-state index is 12.2. The van der Waals surface area contributed by atoms with Crippen molar-refractivity contribution in [1.82, 2.24) is 5.32 Å². The van der Waals surface area contributed by atoms with Crippen molar-refractivity contribution in [3.05, 3.63) is 44.0 Å². The number of non-ortho nitro benzene ring substituents is 2. The van der Waals surface area contributed by atoms with Crippen LogP contribution in [0.2, 0.25) is 0 Å². The van der Waals surface area contributed by atoms with Crippen LogP contribution in [0.3, 0.4) is 0 Å². The van der Waals surface area contributed by atoms with E-state index in [0.29, 0.717) is 0 Å². The summed E-state index contributed by atoms with van der Waals surface area (Å²) >= 11 is 0. The molecule has 0 fully saturated rings. The molecule has 0 radical (unpaired) electrons. The molecule has 10 nitrogen and oxygen atoms in total. The maximum Gasteiger partial charge on any atom is 0.328 e. The van der Waals surface area contributed by atoms with Crippen LogP contribution in [0.15, 0.2) is 18.2 Å². The smallest absolute Gasteiger partial charge is 0.328 e. The fourth-order valence-corrected chi connectivity index (χ4v) is 2.01. The van der Waals surface area contributed by atoms with E-state index in [9.17, 15) is 29.8 Å². The number of ether oxygens (including phenoxy) is 1. The summed E-state index contributed by atoms with van der Waals surface area (Å²) in [7, 11) is 1.17. The van der Waals surface area contributed by atoms with Gasteiger partial charge in [-0.15, -0.1) is 0 Å².